The minimum atomic E-state index is -0.0573. The highest BCUT2D eigenvalue weighted by atomic mass is 16.2. The lowest BCUT2D eigenvalue weighted by Crippen LogP contribution is -2.36. The monoisotopic (exact) mass is 201 g/mol. The van der Waals surface area contributed by atoms with Crippen LogP contribution in [0, 0.1) is 0 Å². The van der Waals surface area contributed by atoms with Crippen LogP contribution in [0.5, 0.6) is 0 Å². The topological polar surface area (TPSA) is 67.2 Å². The zero-order chi connectivity index (χ0) is 10.6. The van der Waals surface area contributed by atoms with Crippen LogP contribution in [0.3, 0.4) is 0 Å². The summed E-state index contributed by atoms with van der Waals surface area (Å²) < 4.78 is 0. The number of nitrogens with one attached hydrogen (secondary N) is 2. The summed E-state index contributed by atoms with van der Waals surface area (Å²) in [5, 5.41) is 5.60. The van der Waals surface area contributed by atoms with Crippen LogP contribution in [0.2, 0.25) is 0 Å². The highest BCUT2D eigenvalue weighted by molar-refractivity contribution is 5.73. The Morgan fingerprint density at radius 3 is 2.14 bits per heavy atom. The Bertz CT molecular complexity index is 125. The fraction of sp³-hybridized carbons (Fsp3) is 0.900. The van der Waals surface area contributed by atoms with Gasteiger partial charge >= 0.3 is 6.03 Å². The zero-order valence-electron chi connectivity index (χ0n) is 9.14. The number of unbranched alkanes of at least 4 members (excludes halogenated alkanes) is 3. The van der Waals surface area contributed by atoms with Gasteiger partial charge in [-0.15, -0.1) is 0 Å². The van der Waals surface area contributed by atoms with Crippen molar-refractivity contribution in [2.75, 3.05) is 19.6 Å². The molecule has 0 saturated heterocycles. The maximum atomic E-state index is 11.1. The van der Waals surface area contributed by atoms with Gasteiger partial charge in [-0.2, -0.15) is 0 Å². The first kappa shape index (κ1) is 13.2. The van der Waals surface area contributed by atoms with E-state index in [1.54, 1.807) is 0 Å². The third-order valence-electron chi connectivity index (χ3n) is 1.98. The molecule has 84 valence electrons. The molecule has 0 aromatic rings. The summed E-state index contributed by atoms with van der Waals surface area (Å²) in [6, 6.07) is -0.0573. The minimum absolute atomic E-state index is 0.0573. The Morgan fingerprint density at radius 2 is 1.64 bits per heavy atom. The molecule has 0 unspecified atom stereocenters. The van der Waals surface area contributed by atoms with Crippen molar-refractivity contribution in [3.63, 3.8) is 0 Å². The standard InChI is InChI=1S/C10H23N3O/c1-2-3-5-8-12-10(14)13-9-6-4-7-11/h2-9,11H2,1H3,(H2,12,13,14). The number of rotatable bonds is 8. The molecule has 0 spiro atoms. The van der Waals surface area contributed by atoms with Gasteiger partial charge < -0.3 is 16.4 Å². The molecule has 0 rings (SSSR count). The van der Waals surface area contributed by atoms with E-state index >= 15 is 0 Å². The largest absolute Gasteiger partial charge is 0.338 e. The van der Waals surface area contributed by atoms with Gasteiger partial charge in [-0.1, -0.05) is 19.8 Å². The van der Waals surface area contributed by atoms with E-state index in [2.05, 4.69) is 17.6 Å². The van der Waals surface area contributed by atoms with Crippen LogP contribution in [-0.4, -0.2) is 25.7 Å². The van der Waals surface area contributed by atoms with E-state index in [0.717, 1.165) is 32.4 Å². The number of hydrogen-bond acceptors (Lipinski definition) is 2. The first-order chi connectivity index (χ1) is 6.81. The van der Waals surface area contributed by atoms with E-state index in [-0.39, 0.29) is 6.03 Å². The number of hydrogen-bond donors (Lipinski definition) is 3. The van der Waals surface area contributed by atoms with E-state index in [1.807, 2.05) is 0 Å². The molecule has 14 heavy (non-hydrogen) atoms. The molecule has 4 nitrogen and oxygen atoms in total. The maximum absolute atomic E-state index is 11.1. The second-order valence-corrected chi connectivity index (χ2v) is 3.39. The third-order valence-corrected chi connectivity index (χ3v) is 1.98. The number of nitrogens with two attached hydrogens (primary N) is 1. The Hall–Kier alpha value is -0.770. The molecular formula is C10H23N3O. The fourth-order valence-corrected chi connectivity index (χ4v) is 1.11. The van der Waals surface area contributed by atoms with E-state index < -0.39 is 0 Å². The van der Waals surface area contributed by atoms with Crippen LogP contribution in [0.25, 0.3) is 0 Å². The first-order valence-corrected chi connectivity index (χ1v) is 5.53. The molecule has 0 bridgehead atoms. The van der Waals surface area contributed by atoms with Crippen molar-refractivity contribution >= 4 is 6.03 Å². The van der Waals surface area contributed by atoms with Gasteiger partial charge in [0, 0.05) is 13.1 Å². The highest BCUT2D eigenvalue weighted by Crippen LogP contribution is 1.90. The SMILES string of the molecule is CCCCCNC(=O)NCCCCN. The van der Waals surface area contributed by atoms with Crippen LogP contribution in [-0.2, 0) is 0 Å². The first-order valence-electron chi connectivity index (χ1n) is 5.53. The van der Waals surface area contributed by atoms with E-state index in [4.69, 9.17) is 5.73 Å². The predicted molar refractivity (Wildman–Crippen MR) is 59.2 cm³/mol. The van der Waals surface area contributed by atoms with Crippen molar-refractivity contribution in [3.8, 4) is 0 Å². The van der Waals surface area contributed by atoms with Gasteiger partial charge in [0.15, 0.2) is 0 Å². The molecule has 0 aliphatic carbocycles. The normalized spacial score (nSPS) is 9.86. The Labute approximate surface area is 86.6 Å². The van der Waals surface area contributed by atoms with Crippen molar-refractivity contribution in [3.05, 3.63) is 0 Å². The molecule has 0 heterocycles. The predicted octanol–water partition coefficient (Wildman–Crippen LogP) is 1.21. The number of amides is 2. The molecule has 0 atom stereocenters. The highest BCUT2D eigenvalue weighted by Gasteiger charge is 1.96. The molecule has 4 heteroatoms. The van der Waals surface area contributed by atoms with Gasteiger partial charge in [-0.3, -0.25) is 0 Å². The van der Waals surface area contributed by atoms with E-state index in [0.29, 0.717) is 6.54 Å². The van der Waals surface area contributed by atoms with Gasteiger partial charge in [-0.25, -0.2) is 4.79 Å². The Kier molecular flexibility index (Phi) is 9.74. The van der Waals surface area contributed by atoms with Crippen LogP contribution in [0.15, 0.2) is 0 Å². The summed E-state index contributed by atoms with van der Waals surface area (Å²) in [7, 11) is 0. The lowest BCUT2D eigenvalue weighted by Gasteiger charge is -2.06. The van der Waals surface area contributed by atoms with Crippen molar-refractivity contribution in [1.29, 1.82) is 0 Å². The average Bonchev–Trinajstić information content (AvgIpc) is 2.19. The quantitative estimate of drug-likeness (QED) is 0.517. The van der Waals surface area contributed by atoms with Gasteiger partial charge in [0.2, 0.25) is 0 Å². The molecule has 0 aliphatic heterocycles. The summed E-state index contributed by atoms with van der Waals surface area (Å²) in [5.41, 5.74) is 5.33. The second-order valence-electron chi connectivity index (χ2n) is 3.39. The van der Waals surface area contributed by atoms with Crippen molar-refractivity contribution in [2.24, 2.45) is 5.73 Å². The van der Waals surface area contributed by atoms with Crippen molar-refractivity contribution in [2.45, 2.75) is 39.0 Å². The number of carbonyl (C=O) groups is 1. The molecule has 0 saturated carbocycles. The molecular weight excluding hydrogens is 178 g/mol. The molecule has 0 aliphatic rings. The maximum Gasteiger partial charge on any atom is 0.314 e. The molecule has 0 aromatic heterocycles. The molecule has 0 radical (unpaired) electrons. The number of carbonyl (C=O) groups excluding carboxylic acids is 1. The van der Waals surface area contributed by atoms with Crippen LogP contribution >= 0.6 is 0 Å². The third kappa shape index (κ3) is 9.32. The van der Waals surface area contributed by atoms with Crippen LogP contribution < -0.4 is 16.4 Å². The summed E-state index contributed by atoms with van der Waals surface area (Å²) in [4.78, 5) is 11.1. The molecule has 0 fully saturated rings. The summed E-state index contributed by atoms with van der Waals surface area (Å²) in [6.45, 7) is 4.33. The summed E-state index contributed by atoms with van der Waals surface area (Å²) in [6.07, 6.45) is 5.34. The van der Waals surface area contributed by atoms with E-state index in [1.165, 1.54) is 12.8 Å². The smallest absolute Gasteiger partial charge is 0.314 e. The molecule has 2 amide bonds. The van der Waals surface area contributed by atoms with Gasteiger partial charge in [-0.05, 0) is 25.8 Å². The van der Waals surface area contributed by atoms with Gasteiger partial charge in [0.1, 0.15) is 0 Å². The Balaban J connectivity index is 3.11. The molecule has 0 aromatic carbocycles. The zero-order valence-corrected chi connectivity index (χ0v) is 9.14. The lowest BCUT2D eigenvalue weighted by molar-refractivity contribution is 0.240. The van der Waals surface area contributed by atoms with Gasteiger partial charge in [0.05, 0.1) is 0 Å². The van der Waals surface area contributed by atoms with Gasteiger partial charge in [0.25, 0.3) is 0 Å². The number of urea groups is 1. The minimum Gasteiger partial charge on any atom is -0.338 e. The second kappa shape index (κ2) is 10.3. The van der Waals surface area contributed by atoms with E-state index in [9.17, 15) is 4.79 Å². The summed E-state index contributed by atoms with van der Waals surface area (Å²) in [5.74, 6) is 0. The lowest BCUT2D eigenvalue weighted by atomic mass is 10.2. The van der Waals surface area contributed by atoms with Crippen molar-refractivity contribution < 1.29 is 4.79 Å². The fourth-order valence-electron chi connectivity index (χ4n) is 1.11. The van der Waals surface area contributed by atoms with Crippen LogP contribution in [0.4, 0.5) is 4.79 Å². The average molecular weight is 201 g/mol. The molecule has 4 N–H and O–H groups in total. The van der Waals surface area contributed by atoms with Crippen LogP contribution in [0.1, 0.15) is 39.0 Å². The van der Waals surface area contributed by atoms with Crippen molar-refractivity contribution in [1.82, 2.24) is 10.6 Å². The summed E-state index contributed by atoms with van der Waals surface area (Å²) >= 11 is 0. The Morgan fingerprint density at radius 1 is 1.07 bits per heavy atom.